The maximum Gasteiger partial charge on any atom is 0.0552 e. The van der Waals surface area contributed by atoms with Crippen molar-refractivity contribution in [2.24, 2.45) is 5.11 Å². The van der Waals surface area contributed by atoms with Crippen LogP contribution in [0.1, 0.15) is 12.5 Å². The van der Waals surface area contributed by atoms with Gasteiger partial charge in [0.05, 0.1) is 6.10 Å². The van der Waals surface area contributed by atoms with Crippen molar-refractivity contribution in [3.8, 4) is 0 Å². The zero-order valence-corrected chi connectivity index (χ0v) is 7.38. The molecule has 0 saturated heterocycles. The molecule has 4 nitrogen and oxygen atoms in total. The minimum Gasteiger partial charge on any atom is -0.393 e. The second-order valence-corrected chi connectivity index (χ2v) is 2.87. The van der Waals surface area contributed by atoms with Crippen LogP contribution in [0.2, 0.25) is 0 Å². The number of aliphatic hydroxyl groups is 1. The number of rotatable bonds is 3. The lowest BCUT2D eigenvalue weighted by Gasteiger charge is -2.06. The average molecular weight is 177 g/mol. The quantitative estimate of drug-likeness (QED) is 0.430. The summed E-state index contributed by atoms with van der Waals surface area (Å²) in [4.78, 5) is 2.72. The summed E-state index contributed by atoms with van der Waals surface area (Å²) < 4.78 is 0. The van der Waals surface area contributed by atoms with Gasteiger partial charge in [-0.2, -0.15) is 0 Å². The Bertz CT molecular complexity index is 329. The SMILES string of the molecule is CC(O)Cc1ccccc1N=[N+]=[N-]. The van der Waals surface area contributed by atoms with E-state index >= 15 is 0 Å². The van der Waals surface area contributed by atoms with Crippen molar-refractivity contribution in [3.63, 3.8) is 0 Å². The Labute approximate surface area is 76.5 Å². The van der Waals surface area contributed by atoms with Gasteiger partial charge in [0, 0.05) is 10.6 Å². The van der Waals surface area contributed by atoms with Gasteiger partial charge in [-0.25, -0.2) is 0 Å². The fourth-order valence-corrected chi connectivity index (χ4v) is 1.15. The number of aliphatic hydroxyl groups excluding tert-OH is 1. The van der Waals surface area contributed by atoms with E-state index < -0.39 is 6.10 Å². The molecule has 0 radical (unpaired) electrons. The summed E-state index contributed by atoms with van der Waals surface area (Å²) in [5.41, 5.74) is 9.73. The molecule has 0 saturated carbocycles. The first-order valence-corrected chi connectivity index (χ1v) is 4.05. The molecule has 1 atom stereocenters. The second-order valence-electron chi connectivity index (χ2n) is 2.87. The van der Waals surface area contributed by atoms with Gasteiger partial charge in [0.25, 0.3) is 0 Å². The largest absolute Gasteiger partial charge is 0.393 e. The van der Waals surface area contributed by atoms with Gasteiger partial charge < -0.3 is 5.11 Å². The first kappa shape index (κ1) is 9.58. The average Bonchev–Trinajstić information content (AvgIpc) is 2.08. The predicted octanol–water partition coefficient (Wildman–Crippen LogP) is 2.55. The molecule has 0 spiro atoms. The van der Waals surface area contributed by atoms with E-state index in [0.29, 0.717) is 12.1 Å². The molecule has 1 aromatic carbocycles. The van der Waals surface area contributed by atoms with E-state index in [1.807, 2.05) is 12.1 Å². The molecule has 1 N–H and O–H groups in total. The van der Waals surface area contributed by atoms with E-state index in [1.165, 1.54) is 0 Å². The molecule has 0 aromatic heterocycles. The zero-order chi connectivity index (χ0) is 9.68. The molecule has 1 rings (SSSR count). The van der Waals surface area contributed by atoms with E-state index in [9.17, 15) is 0 Å². The van der Waals surface area contributed by atoms with Gasteiger partial charge in [-0.3, -0.25) is 0 Å². The first-order valence-electron chi connectivity index (χ1n) is 4.05. The number of hydrogen-bond acceptors (Lipinski definition) is 2. The highest BCUT2D eigenvalue weighted by Crippen LogP contribution is 2.20. The summed E-state index contributed by atoms with van der Waals surface area (Å²) in [5, 5.41) is 12.7. The van der Waals surface area contributed by atoms with Crippen LogP contribution in [0.5, 0.6) is 0 Å². The van der Waals surface area contributed by atoms with Gasteiger partial charge in [0.1, 0.15) is 0 Å². The monoisotopic (exact) mass is 177 g/mol. The summed E-state index contributed by atoms with van der Waals surface area (Å²) in [7, 11) is 0. The lowest BCUT2D eigenvalue weighted by molar-refractivity contribution is 0.195. The fourth-order valence-electron chi connectivity index (χ4n) is 1.15. The maximum atomic E-state index is 9.16. The van der Waals surface area contributed by atoms with Crippen molar-refractivity contribution in [1.82, 2.24) is 0 Å². The molecule has 1 aromatic rings. The third kappa shape index (κ3) is 2.78. The van der Waals surface area contributed by atoms with Crippen LogP contribution in [-0.2, 0) is 6.42 Å². The van der Waals surface area contributed by atoms with Crippen LogP contribution in [0.3, 0.4) is 0 Å². The van der Waals surface area contributed by atoms with Crippen molar-refractivity contribution in [2.75, 3.05) is 0 Å². The smallest absolute Gasteiger partial charge is 0.0552 e. The summed E-state index contributed by atoms with van der Waals surface area (Å²) in [6.07, 6.45) is 0.0879. The Morgan fingerprint density at radius 1 is 1.54 bits per heavy atom. The molecule has 0 fully saturated rings. The van der Waals surface area contributed by atoms with Crippen LogP contribution in [0.4, 0.5) is 5.69 Å². The van der Waals surface area contributed by atoms with E-state index in [0.717, 1.165) is 5.56 Å². The molecular formula is C9H11N3O. The number of nitrogens with zero attached hydrogens (tertiary/aromatic N) is 3. The molecule has 0 bridgehead atoms. The molecule has 68 valence electrons. The first-order chi connectivity index (χ1) is 6.24. The third-order valence-corrected chi connectivity index (χ3v) is 1.66. The van der Waals surface area contributed by atoms with Gasteiger partial charge in [-0.05, 0) is 24.4 Å². The highest BCUT2D eigenvalue weighted by molar-refractivity contribution is 5.45. The zero-order valence-electron chi connectivity index (χ0n) is 7.38. The van der Waals surface area contributed by atoms with Crippen LogP contribution in [0.25, 0.3) is 10.4 Å². The van der Waals surface area contributed by atoms with Crippen LogP contribution >= 0.6 is 0 Å². The topological polar surface area (TPSA) is 69.0 Å². The Morgan fingerprint density at radius 3 is 2.85 bits per heavy atom. The lowest BCUT2D eigenvalue weighted by atomic mass is 10.1. The Kier molecular flexibility index (Phi) is 3.31. The normalized spacial score (nSPS) is 11.8. The number of hydrogen-bond donors (Lipinski definition) is 1. The van der Waals surface area contributed by atoms with Crippen LogP contribution in [0, 0.1) is 0 Å². The minimum atomic E-state index is -0.421. The van der Waals surface area contributed by atoms with Gasteiger partial charge in [0.15, 0.2) is 0 Å². The van der Waals surface area contributed by atoms with Crippen molar-refractivity contribution in [1.29, 1.82) is 0 Å². The van der Waals surface area contributed by atoms with Gasteiger partial charge in [-0.15, -0.1) is 0 Å². The maximum absolute atomic E-state index is 9.16. The van der Waals surface area contributed by atoms with Crippen molar-refractivity contribution in [2.45, 2.75) is 19.4 Å². The van der Waals surface area contributed by atoms with Crippen LogP contribution < -0.4 is 0 Å². The molecule has 0 aliphatic heterocycles. The molecule has 0 heterocycles. The van der Waals surface area contributed by atoms with Crippen LogP contribution in [-0.4, -0.2) is 11.2 Å². The van der Waals surface area contributed by atoms with E-state index in [2.05, 4.69) is 10.0 Å². The summed E-state index contributed by atoms with van der Waals surface area (Å²) >= 11 is 0. The molecule has 13 heavy (non-hydrogen) atoms. The highest BCUT2D eigenvalue weighted by atomic mass is 16.3. The molecule has 0 amide bonds. The molecule has 1 unspecified atom stereocenters. The lowest BCUT2D eigenvalue weighted by Crippen LogP contribution is -2.03. The standard InChI is InChI=1S/C9H11N3O/c1-7(13)6-8-4-2-3-5-9(8)11-12-10/h2-5,7,13H,6H2,1H3. The van der Waals surface area contributed by atoms with Crippen LogP contribution in [0.15, 0.2) is 29.4 Å². The van der Waals surface area contributed by atoms with E-state index in [1.54, 1.807) is 19.1 Å². The highest BCUT2D eigenvalue weighted by Gasteiger charge is 2.02. The van der Waals surface area contributed by atoms with Gasteiger partial charge >= 0.3 is 0 Å². The van der Waals surface area contributed by atoms with E-state index in [-0.39, 0.29) is 0 Å². The van der Waals surface area contributed by atoms with Crippen molar-refractivity contribution >= 4 is 5.69 Å². The Hall–Kier alpha value is -1.51. The Balaban J connectivity index is 2.97. The summed E-state index contributed by atoms with van der Waals surface area (Å²) in [6.45, 7) is 1.70. The number of azide groups is 1. The molecular weight excluding hydrogens is 166 g/mol. The van der Waals surface area contributed by atoms with Gasteiger partial charge in [-0.1, -0.05) is 29.4 Å². The fraction of sp³-hybridized carbons (Fsp3) is 0.333. The summed E-state index contributed by atoms with van der Waals surface area (Å²) in [6, 6.07) is 7.23. The predicted molar refractivity (Wildman–Crippen MR) is 50.6 cm³/mol. The summed E-state index contributed by atoms with van der Waals surface area (Å²) in [5.74, 6) is 0. The van der Waals surface area contributed by atoms with Crippen molar-refractivity contribution in [3.05, 3.63) is 40.3 Å². The molecule has 0 aliphatic rings. The third-order valence-electron chi connectivity index (χ3n) is 1.66. The molecule has 4 heteroatoms. The Morgan fingerprint density at radius 2 is 2.23 bits per heavy atom. The van der Waals surface area contributed by atoms with E-state index in [4.69, 9.17) is 10.6 Å². The van der Waals surface area contributed by atoms with Gasteiger partial charge in [0.2, 0.25) is 0 Å². The molecule has 0 aliphatic carbocycles. The van der Waals surface area contributed by atoms with Crippen molar-refractivity contribution < 1.29 is 5.11 Å². The minimum absolute atomic E-state index is 0.421. The number of benzene rings is 1. The second kappa shape index (κ2) is 4.50.